The molecule has 0 aromatic heterocycles. The van der Waals surface area contributed by atoms with Crippen LogP contribution in [0.2, 0.25) is 0 Å². The molecule has 5 atom stereocenters. The molecule has 9 heteroatoms. The molecule has 0 spiro atoms. The Morgan fingerprint density at radius 1 is 1.02 bits per heavy atom. The third-order valence-corrected chi connectivity index (χ3v) is 8.13. The lowest BCUT2D eigenvalue weighted by Gasteiger charge is -2.41. The topological polar surface area (TPSA) is 141 Å². The van der Waals surface area contributed by atoms with Gasteiger partial charge in [-0.2, -0.15) is 0 Å². The van der Waals surface area contributed by atoms with Crippen molar-refractivity contribution in [3.05, 3.63) is 89.0 Å². The fraction of sp³-hybridized carbons (Fsp3) is 0.387. The molecular weight excluding hydrogens is 514 g/mol. The van der Waals surface area contributed by atoms with Crippen LogP contribution in [-0.4, -0.2) is 54.8 Å². The molecule has 40 heavy (non-hydrogen) atoms. The first-order valence-corrected chi connectivity index (χ1v) is 13.3. The van der Waals surface area contributed by atoms with Crippen LogP contribution in [0.3, 0.4) is 0 Å². The highest BCUT2D eigenvalue weighted by Crippen LogP contribution is 2.69. The number of unbranched alkanes of at least 4 members (excludes halogenated alkanes) is 1. The van der Waals surface area contributed by atoms with Gasteiger partial charge in [0.15, 0.2) is 11.2 Å². The Labute approximate surface area is 233 Å². The number of hydrogen-bond acceptors (Lipinski definition) is 9. The van der Waals surface area contributed by atoms with Gasteiger partial charge in [0.2, 0.25) is 0 Å². The number of benzene rings is 3. The monoisotopic (exact) mass is 549 g/mol. The number of carbonyl (C=O) groups is 1. The molecule has 0 saturated heterocycles. The van der Waals surface area contributed by atoms with Crippen molar-refractivity contribution < 1.29 is 39.1 Å². The quantitative estimate of drug-likeness (QED) is 0.222. The van der Waals surface area contributed by atoms with Crippen molar-refractivity contribution in [1.29, 1.82) is 0 Å². The van der Waals surface area contributed by atoms with Gasteiger partial charge in [0.1, 0.15) is 23.4 Å². The molecule has 3 aromatic carbocycles. The highest BCUT2D eigenvalue weighted by atomic mass is 16.5. The molecule has 0 unspecified atom stereocenters. The van der Waals surface area contributed by atoms with Crippen molar-refractivity contribution in [2.24, 2.45) is 11.7 Å². The molecule has 1 fully saturated rings. The SMILES string of the molecule is COC(=O)[C@@H]1[C@H](O)[C@]2(O)c3c(CO)cc(OCCCCN)cc3O[C@]2(c2ccc(OC)cc2)[C@H]1c1ccccc1. The minimum atomic E-state index is -2.15. The fourth-order valence-corrected chi connectivity index (χ4v) is 6.40. The van der Waals surface area contributed by atoms with Crippen molar-refractivity contribution in [2.75, 3.05) is 27.4 Å². The second-order valence-corrected chi connectivity index (χ2v) is 10.2. The van der Waals surface area contributed by atoms with E-state index >= 15 is 0 Å². The summed E-state index contributed by atoms with van der Waals surface area (Å²) in [4.78, 5) is 13.3. The summed E-state index contributed by atoms with van der Waals surface area (Å²) in [5.74, 6) is -1.46. The van der Waals surface area contributed by atoms with Crippen LogP contribution in [0.5, 0.6) is 17.2 Å². The smallest absolute Gasteiger partial charge is 0.312 e. The number of esters is 1. The highest BCUT2D eigenvalue weighted by molar-refractivity contribution is 5.78. The van der Waals surface area contributed by atoms with Crippen LogP contribution in [0.15, 0.2) is 66.7 Å². The average Bonchev–Trinajstić information content (AvgIpc) is 3.37. The van der Waals surface area contributed by atoms with Crippen LogP contribution in [0.1, 0.15) is 41.0 Å². The van der Waals surface area contributed by atoms with E-state index in [9.17, 15) is 20.1 Å². The summed E-state index contributed by atoms with van der Waals surface area (Å²) in [7, 11) is 2.80. The molecule has 212 valence electrons. The zero-order chi connectivity index (χ0) is 28.5. The Morgan fingerprint density at radius 2 is 1.75 bits per heavy atom. The number of methoxy groups -OCH3 is 2. The Bertz CT molecular complexity index is 1350. The average molecular weight is 550 g/mol. The van der Waals surface area contributed by atoms with Crippen LogP contribution in [-0.2, 0) is 27.3 Å². The van der Waals surface area contributed by atoms with Crippen LogP contribution >= 0.6 is 0 Å². The Hall–Kier alpha value is -3.63. The van der Waals surface area contributed by atoms with Crippen molar-refractivity contribution in [3.63, 3.8) is 0 Å². The number of carbonyl (C=O) groups excluding carboxylic acids is 1. The van der Waals surface area contributed by atoms with Gasteiger partial charge in [0.05, 0.1) is 33.4 Å². The summed E-state index contributed by atoms with van der Waals surface area (Å²) < 4.78 is 23.2. The minimum absolute atomic E-state index is 0.208. The van der Waals surface area contributed by atoms with Gasteiger partial charge in [-0.05, 0) is 54.3 Å². The summed E-state index contributed by atoms with van der Waals surface area (Å²) >= 11 is 0. The zero-order valence-corrected chi connectivity index (χ0v) is 22.6. The number of nitrogens with two attached hydrogens (primary N) is 1. The summed E-state index contributed by atoms with van der Waals surface area (Å²) in [5.41, 5.74) is 3.48. The van der Waals surface area contributed by atoms with E-state index in [-0.39, 0.29) is 11.3 Å². The molecule has 1 heterocycles. The molecule has 5 N–H and O–H groups in total. The van der Waals surface area contributed by atoms with Gasteiger partial charge < -0.3 is 40.0 Å². The van der Waals surface area contributed by atoms with Gasteiger partial charge in [-0.1, -0.05) is 42.5 Å². The lowest BCUT2D eigenvalue weighted by molar-refractivity contribution is -0.161. The zero-order valence-electron chi connectivity index (χ0n) is 22.6. The molecule has 9 nitrogen and oxygen atoms in total. The van der Waals surface area contributed by atoms with Crippen molar-refractivity contribution in [2.45, 2.75) is 42.7 Å². The van der Waals surface area contributed by atoms with E-state index in [4.69, 9.17) is 24.7 Å². The van der Waals surface area contributed by atoms with Crippen molar-refractivity contribution in [1.82, 2.24) is 0 Å². The molecule has 0 bridgehead atoms. The maximum atomic E-state index is 13.3. The van der Waals surface area contributed by atoms with Gasteiger partial charge in [-0.15, -0.1) is 0 Å². The van der Waals surface area contributed by atoms with E-state index < -0.39 is 41.7 Å². The Morgan fingerprint density at radius 3 is 2.38 bits per heavy atom. The molecule has 1 aliphatic carbocycles. The molecule has 1 saturated carbocycles. The number of aliphatic hydroxyl groups is 3. The summed E-state index contributed by atoms with van der Waals surface area (Å²) in [6, 6.07) is 19.4. The van der Waals surface area contributed by atoms with Crippen LogP contribution < -0.4 is 19.9 Å². The third-order valence-electron chi connectivity index (χ3n) is 8.13. The lowest BCUT2D eigenvalue weighted by atomic mass is 9.70. The standard InChI is InChI=1S/C31H35NO8/c1-37-22-12-10-21(11-13-22)31-27(19-8-4-3-5-9-19)25(29(35)38-2)28(34)30(31,36)26-20(18-33)16-23(17-24(26)40-31)39-15-7-6-14-32/h3-5,8-13,16-17,25,27-28,33-34,36H,6-7,14-15,18,32H2,1-2H3/t25-,27-,28-,30+,31+/m0/s1. The van der Waals surface area contributed by atoms with E-state index in [0.717, 1.165) is 12.8 Å². The van der Waals surface area contributed by atoms with Crippen molar-refractivity contribution >= 4 is 5.97 Å². The number of hydrogen-bond donors (Lipinski definition) is 4. The van der Waals surface area contributed by atoms with Gasteiger partial charge in [-0.25, -0.2) is 0 Å². The Balaban J connectivity index is 1.76. The molecular formula is C31H35NO8. The normalized spacial score (nSPS) is 26.5. The van der Waals surface area contributed by atoms with E-state index in [1.807, 2.05) is 30.3 Å². The molecule has 5 rings (SSSR count). The van der Waals surface area contributed by atoms with Gasteiger partial charge in [0, 0.05) is 17.5 Å². The lowest BCUT2D eigenvalue weighted by Crippen LogP contribution is -2.52. The molecule has 2 aliphatic rings. The van der Waals surface area contributed by atoms with Crippen molar-refractivity contribution in [3.8, 4) is 17.2 Å². The highest BCUT2D eigenvalue weighted by Gasteiger charge is 2.78. The molecule has 0 radical (unpaired) electrons. The van der Waals surface area contributed by atoms with E-state index in [1.54, 1.807) is 43.5 Å². The second kappa shape index (κ2) is 11.1. The van der Waals surface area contributed by atoms with Gasteiger partial charge in [0.25, 0.3) is 0 Å². The largest absolute Gasteiger partial charge is 0.497 e. The molecule has 1 aliphatic heterocycles. The first-order chi connectivity index (χ1) is 19.4. The van der Waals surface area contributed by atoms with Gasteiger partial charge >= 0.3 is 5.97 Å². The number of aliphatic hydroxyl groups excluding tert-OH is 2. The van der Waals surface area contributed by atoms with Crippen LogP contribution in [0, 0.1) is 5.92 Å². The Kier molecular flexibility index (Phi) is 7.74. The minimum Gasteiger partial charge on any atom is -0.497 e. The number of rotatable bonds is 10. The fourth-order valence-electron chi connectivity index (χ4n) is 6.40. The first kappa shape index (κ1) is 27.9. The summed E-state index contributed by atoms with van der Waals surface area (Å²) in [5, 5.41) is 35.2. The van der Waals surface area contributed by atoms with E-state index in [1.165, 1.54) is 7.11 Å². The van der Waals surface area contributed by atoms with Crippen LogP contribution in [0.25, 0.3) is 0 Å². The molecule has 0 amide bonds. The number of ether oxygens (including phenoxy) is 4. The number of fused-ring (bicyclic) bond motifs is 3. The predicted molar refractivity (Wildman–Crippen MR) is 146 cm³/mol. The maximum Gasteiger partial charge on any atom is 0.312 e. The van der Waals surface area contributed by atoms with E-state index in [2.05, 4.69) is 0 Å². The second-order valence-electron chi connectivity index (χ2n) is 10.2. The first-order valence-electron chi connectivity index (χ1n) is 13.3. The van der Waals surface area contributed by atoms with Gasteiger partial charge in [-0.3, -0.25) is 4.79 Å². The summed E-state index contributed by atoms with van der Waals surface area (Å²) in [6.07, 6.45) is -0.0951. The maximum absolute atomic E-state index is 13.3. The van der Waals surface area contributed by atoms with Crippen LogP contribution in [0.4, 0.5) is 0 Å². The summed E-state index contributed by atoms with van der Waals surface area (Å²) in [6.45, 7) is 0.503. The molecule has 3 aromatic rings. The predicted octanol–water partition coefficient (Wildman–Crippen LogP) is 2.73. The third kappa shape index (κ3) is 4.12. The van der Waals surface area contributed by atoms with E-state index in [0.29, 0.717) is 41.3 Å².